The van der Waals surface area contributed by atoms with Gasteiger partial charge in [-0.3, -0.25) is 4.57 Å². The Balaban J connectivity index is 2.42. The van der Waals surface area contributed by atoms with Gasteiger partial charge >= 0.3 is 0 Å². The van der Waals surface area contributed by atoms with E-state index in [0.717, 1.165) is 22.8 Å². The molecule has 0 amide bonds. The molecular formula is C14H7ClF4N2. The third-order valence-corrected chi connectivity index (χ3v) is 3.29. The predicted molar refractivity (Wildman–Crippen MR) is 70.5 cm³/mol. The lowest BCUT2D eigenvalue weighted by Gasteiger charge is -2.09. The molecule has 3 aromatic rings. The SMILES string of the molecule is Fc1ccc(-n2c(CCl)nc3ccc(F)c(F)c32)c(F)c1. The Morgan fingerprint density at radius 1 is 1.00 bits per heavy atom. The molecule has 2 nitrogen and oxygen atoms in total. The highest BCUT2D eigenvalue weighted by Crippen LogP contribution is 2.28. The zero-order chi connectivity index (χ0) is 15.1. The quantitative estimate of drug-likeness (QED) is 0.509. The van der Waals surface area contributed by atoms with Crippen molar-refractivity contribution in [2.45, 2.75) is 5.88 Å². The van der Waals surface area contributed by atoms with E-state index in [2.05, 4.69) is 4.98 Å². The lowest BCUT2D eigenvalue weighted by Crippen LogP contribution is -2.04. The third-order valence-electron chi connectivity index (χ3n) is 3.05. The number of fused-ring (bicyclic) bond motifs is 1. The Hall–Kier alpha value is -2.08. The van der Waals surface area contributed by atoms with E-state index in [1.165, 1.54) is 6.07 Å². The first-order valence-corrected chi connectivity index (χ1v) is 6.43. The molecule has 1 heterocycles. The van der Waals surface area contributed by atoms with Crippen LogP contribution in [0.2, 0.25) is 0 Å². The van der Waals surface area contributed by atoms with Gasteiger partial charge in [-0.25, -0.2) is 22.5 Å². The Morgan fingerprint density at radius 3 is 2.43 bits per heavy atom. The van der Waals surface area contributed by atoms with Crippen LogP contribution < -0.4 is 0 Å². The maximum Gasteiger partial charge on any atom is 0.185 e. The number of hydrogen-bond acceptors (Lipinski definition) is 1. The van der Waals surface area contributed by atoms with Crippen molar-refractivity contribution in [1.29, 1.82) is 0 Å². The fourth-order valence-corrected chi connectivity index (χ4v) is 2.34. The van der Waals surface area contributed by atoms with Crippen molar-refractivity contribution in [2.24, 2.45) is 0 Å². The van der Waals surface area contributed by atoms with Crippen molar-refractivity contribution < 1.29 is 17.6 Å². The van der Waals surface area contributed by atoms with Gasteiger partial charge in [0.15, 0.2) is 11.6 Å². The van der Waals surface area contributed by atoms with Crippen molar-refractivity contribution in [3.05, 3.63) is 59.4 Å². The second-order valence-corrected chi connectivity index (χ2v) is 4.59. The van der Waals surface area contributed by atoms with Gasteiger partial charge in [-0.1, -0.05) is 0 Å². The monoisotopic (exact) mass is 314 g/mol. The van der Waals surface area contributed by atoms with Gasteiger partial charge in [-0.15, -0.1) is 11.6 Å². The maximum atomic E-state index is 14.0. The molecular weight excluding hydrogens is 308 g/mol. The molecule has 0 unspecified atom stereocenters. The highest BCUT2D eigenvalue weighted by atomic mass is 35.5. The summed E-state index contributed by atoms with van der Waals surface area (Å²) in [6.45, 7) is 0. The lowest BCUT2D eigenvalue weighted by atomic mass is 10.2. The van der Waals surface area contributed by atoms with Crippen LogP contribution >= 0.6 is 11.6 Å². The number of nitrogens with zero attached hydrogens (tertiary/aromatic N) is 2. The number of imidazole rings is 1. The van der Waals surface area contributed by atoms with E-state index in [0.29, 0.717) is 6.07 Å². The Bertz CT molecular complexity index is 845. The van der Waals surface area contributed by atoms with Gasteiger partial charge in [0.1, 0.15) is 23.0 Å². The molecule has 2 aromatic carbocycles. The van der Waals surface area contributed by atoms with Crippen molar-refractivity contribution in [2.75, 3.05) is 0 Å². The first-order valence-electron chi connectivity index (χ1n) is 5.89. The van der Waals surface area contributed by atoms with Crippen LogP contribution in [-0.2, 0) is 5.88 Å². The minimum absolute atomic E-state index is 0.127. The number of aromatic nitrogens is 2. The molecule has 0 saturated carbocycles. The van der Waals surface area contributed by atoms with E-state index in [1.807, 2.05) is 0 Å². The normalized spacial score (nSPS) is 11.3. The first-order chi connectivity index (χ1) is 10.0. The van der Waals surface area contributed by atoms with Gasteiger partial charge in [0.25, 0.3) is 0 Å². The van der Waals surface area contributed by atoms with E-state index in [-0.39, 0.29) is 28.4 Å². The number of benzene rings is 2. The molecule has 21 heavy (non-hydrogen) atoms. The molecule has 0 N–H and O–H groups in total. The van der Waals surface area contributed by atoms with E-state index in [1.54, 1.807) is 0 Å². The fraction of sp³-hybridized carbons (Fsp3) is 0.0714. The van der Waals surface area contributed by atoms with Crippen LogP contribution in [0.1, 0.15) is 5.82 Å². The van der Waals surface area contributed by atoms with Crippen molar-refractivity contribution in [1.82, 2.24) is 9.55 Å². The van der Waals surface area contributed by atoms with Gasteiger partial charge in [0.2, 0.25) is 0 Å². The summed E-state index contributed by atoms with van der Waals surface area (Å²) in [7, 11) is 0. The second kappa shape index (κ2) is 5.04. The van der Waals surface area contributed by atoms with Crippen LogP contribution in [0.25, 0.3) is 16.7 Å². The first kappa shape index (κ1) is 13.9. The molecule has 108 valence electrons. The van der Waals surface area contributed by atoms with Crippen LogP contribution in [0.4, 0.5) is 17.6 Å². The van der Waals surface area contributed by atoms with E-state index in [9.17, 15) is 17.6 Å². The topological polar surface area (TPSA) is 17.8 Å². The molecule has 0 aliphatic rings. The van der Waals surface area contributed by atoms with Crippen LogP contribution in [0, 0.1) is 23.3 Å². The zero-order valence-corrected chi connectivity index (χ0v) is 11.1. The van der Waals surface area contributed by atoms with Crippen molar-refractivity contribution >= 4 is 22.6 Å². The minimum atomic E-state index is -1.17. The van der Waals surface area contributed by atoms with Gasteiger partial charge in [-0.05, 0) is 24.3 Å². The molecule has 0 aliphatic heterocycles. The molecule has 0 saturated heterocycles. The standard InChI is InChI=1S/C14H7ClF4N2/c15-6-12-20-10-3-2-8(17)13(19)14(10)21(12)11-4-1-7(16)5-9(11)18/h1-5H,6H2. The Kier molecular flexibility index (Phi) is 3.33. The number of halogens is 5. The third kappa shape index (κ3) is 2.15. The summed E-state index contributed by atoms with van der Waals surface area (Å²) >= 11 is 5.73. The maximum absolute atomic E-state index is 14.0. The lowest BCUT2D eigenvalue weighted by molar-refractivity contribution is 0.513. The predicted octanol–water partition coefficient (Wildman–Crippen LogP) is 4.32. The number of hydrogen-bond donors (Lipinski definition) is 0. The molecule has 1 aromatic heterocycles. The highest BCUT2D eigenvalue weighted by molar-refractivity contribution is 6.17. The smallest absolute Gasteiger partial charge is 0.185 e. The fourth-order valence-electron chi connectivity index (χ4n) is 2.16. The summed E-state index contributed by atoms with van der Waals surface area (Å²) in [6.07, 6.45) is 0. The molecule has 0 spiro atoms. The minimum Gasteiger partial charge on any atom is -0.290 e. The van der Waals surface area contributed by atoms with Crippen LogP contribution in [-0.4, -0.2) is 9.55 Å². The van der Waals surface area contributed by atoms with Gasteiger partial charge < -0.3 is 0 Å². The highest BCUT2D eigenvalue weighted by Gasteiger charge is 2.20. The van der Waals surface area contributed by atoms with E-state index < -0.39 is 23.3 Å². The molecule has 0 aliphatic carbocycles. The van der Waals surface area contributed by atoms with Crippen molar-refractivity contribution in [3.8, 4) is 5.69 Å². The molecule has 3 rings (SSSR count). The second-order valence-electron chi connectivity index (χ2n) is 4.32. The molecule has 0 bridgehead atoms. The molecule has 0 fully saturated rings. The Labute approximate surface area is 121 Å². The largest absolute Gasteiger partial charge is 0.290 e. The number of rotatable bonds is 2. The molecule has 0 radical (unpaired) electrons. The molecule has 0 atom stereocenters. The summed E-state index contributed by atoms with van der Waals surface area (Å²) in [4.78, 5) is 4.04. The zero-order valence-electron chi connectivity index (χ0n) is 10.4. The summed E-state index contributed by atoms with van der Waals surface area (Å²) in [5.41, 5.74) is -0.261. The molecule has 7 heteroatoms. The van der Waals surface area contributed by atoms with E-state index in [4.69, 9.17) is 11.6 Å². The van der Waals surface area contributed by atoms with Crippen LogP contribution in [0.5, 0.6) is 0 Å². The van der Waals surface area contributed by atoms with Crippen LogP contribution in [0.3, 0.4) is 0 Å². The van der Waals surface area contributed by atoms with E-state index >= 15 is 0 Å². The van der Waals surface area contributed by atoms with Crippen LogP contribution in [0.15, 0.2) is 30.3 Å². The summed E-state index contributed by atoms with van der Waals surface area (Å²) < 4.78 is 55.4. The Morgan fingerprint density at radius 2 is 1.76 bits per heavy atom. The van der Waals surface area contributed by atoms with Crippen molar-refractivity contribution in [3.63, 3.8) is 0 Å². The summed E-state index contributed by atoms with van der Waals surface area (Å²) in [6, 6.07) is 4.97. The average molecular weight is 315 g/mol. The number of alkyl halides is 1. The van der Waals surface area contributed by atoms with Gasteiger partial charge in [-0.2, -0.15) is 0 Å². The average Bonchev–Trinajstić information content (AvgIpc) is 2.82. The van der Waals surface area contributed by atoms with Gasteiger partial charge in [0, 0.05) is 6.07 Å². The summed E-state index contributed by atoms with van der Waals surface area (Å²) in [5, 5.41) is 0. The summed E-state index contributed by atoms with van der Waals surface area (Å²) in [5.74, 6) is -3.98. The van der Waals surface area contributed by atoms with Gasteiger partial charge in [0.05, 0.1) is 17.1 Å².